The number of hydrogen-bond donors (Lipinski definition) is 0. The lowest BCUT2D eigenvalue weighted by atomic mass is 10.00. The van der Waals surface area contributed by atoms with E-state index in [0.29, 0.717) is 43.0 Å². The van der Waals surface area contributed by atoms with Crippen LogP contribution >= 0.6 is 0 Å². The van der Waals surface area contributed by atoms with E-state index in [4.69, 9.17) is 9.47 Å². The van der Waals surface area contributed by atoms with Crippen LogP contribution in [-0.2, 0) is 24.3 Å². The fraction of sp³-hybridized carbons (Fsp3) is 0.185. The van der Waals surface area contributed by atoms with Gasteiger partial charge in [-0.25, -0.2) is 13.2 Å². The quantitative estimate of drug-likeness (QED) is 0.270. The standard InChI is InChI=1S/C27H25NO6S/c29-25(34-27(23-9-5-2-6-10-23)26(30)22-7-3-1-4-8-22)16-13-21-11-14-24(15-12-21)35(31,32)28-17-19-33-20-18-28/h1-16,27H,17-20H2. The Morgan fingerprint density at radius 1 is 0.857 bits per heavy atom. The molecule has 1 unspecified atom stereocenters. The Bertz CT molecular complexity index is 1280. The third kappa shape index (κ3) is 6.10. The number of rotatable bonds is 8. The summed E-state index contributed by atoms with van der Waals surface area (Å²) >= 11 is 0. The Kier molecular flexibility index (Phi) is 7.87. The molecule has 0 aromatic heterocycles. The highest BCUT2D eigenvalue weighted by Crippen LogP contribution is 2.23. The lowest BCUT2D eigenvalue weighted by Gasteiger charge is -2.26. The maximum atomic E-state index is 13.0. The van der Waals surface area contributed by atoms with Crippen molar-refractivity contribution in [2.24, 2.45) is 0 Å². The molecule has 1 aliphatic heterocycles. The lowest BCUT2D eigenvalue weighted by Crippen LogP contribution is -2.40. The van der Waals surface area contributed by atoms with E-state index in [2.05, 4.69) is 0 Å². The zero-order chi connectivity index (χ0) is 24.7. The molecule has 0 spiro atoms. The van der Waals surface area contributed by atoms with Gasteiger partial charge in [-0.3, -0.25) is 4.79 Å². The molecule has 3 aromatic rings. The first-order valence-corrected chi connectivity index (χ1v) is 12.6. The lowest BCUT2D eigenvalue weighted by molar-refractivity contribution is -0.141. The summed E-state index contributed by atoms with van der Waals surface area (Å²) in [6.45, 7) is 1.39. The van der Waals surface area contributed by atoms with E-state index in [1.165, 1.54) is 28.6 Å². The Hall–Kier alpha value is -3.59. The molecule has 0 amide bonds. The summed E-state index contributed by atoms with van der Waals surface area (Å²) in [5.41, 5.74) is 1.63. The molecule has 1 atom stereocenters. The van der Waals surface area contributed by atoms with Gasteiger partial charge in [-0.15, -0.1) is 0 Å². The Labute approximate surface area is 204 Å². The van der Waals surface area contributed by atoms with Crippen LogP contribution in [0.1, 0.15) is 27.6 Å². The van der Waals surface area contributed by atoms with Crippen molar-refractivity contribution in [1.29, 1.82) is 0 Å². The van der Waals surface area contributed by atoms with Crippen LogP contribution in [0.3, 0.4) is 0 Å². The number of ether oxygens (including phenoxy) is 2. The third-order valence-electron chi connectivity index (χ3n) is 5.53. The molecule has 0 aliphatic carbocycles. The maximum Gasteiger partial charge on any atom is 0.331 e. The molecule has 1 aliphatic rings. The summed E-state index contributed by atoms with van der Waals surface area (Å²) in [5, 5.41) is 0. The summed E-state index contributed by atoms with van der Waals surface area (Å²) in [7, 11) is -3.59. The Balaban J connectivity index is 1.46. The molecule has 7 nitrogen and oxygen atoms in total. The second-order valence-corrected chi connectivity index (χ2v) is 9.81. The molecular formula is C27H25NO6S. The van der Waals surface area contributed by atoms with Gasteiger partial charge < -0.3 is 9.47 Å². The molecule has 180 valence electrons. The van der Waals surface area contributed by atoms with Crippen molar-refractivity contribution in [1.82, 2.24) is 4.31 Å². The van der Waals surface area contributed by atoms with Gasteiger partial charge in [-0.05, 0) is 23.8 Å². The number of hydrogen-bond acceptors (Lipinski definition) is 6. The largest absolute Gasteiger partial charge is 0.446 e. The van der Waals surface area contributed by atoms with Gasteiger partial charge in [0.05, 0.1) is 18.1 Å². The maximum absolute atomic E-state index is 13.0. The second-order valence-electron chi connectivity index (χ2n) is 7.88. The molecule has 1 heterocycles. The zero-order valence-corrected chi connectivity index (χ0v) is 19.8. The second kappa shape index (κ2) is 11.2. The first kappa shape index (κ1) is 24.5. The topological polar surface area (TPSA) is 90.0 Å². The molecule has 0 N–H and O–H groups in total. The smallest absolute Gasteiger partial charge is 0.331 e. The minimum absolute atomic E-state index is 0.178. The number of esters is 1. The molecule has 35 heavy (non-hydrogen) atoms. The molecular weight excluding hydrogens is 466 g/mol. The highest BCUT2D eigenvalue weighted by molar-refractivity contribution is 7.89. The van der Waals surface area contributed by atoms with Crippen LogP contribution in [0.5, 0.6) is 0 Å². The van der Waals surface area contributed by atoms with Gasteiger partial charge in [-0.1, -0.05) is 72.8 Å². The van der Waals surface area contributed by atoms with Gasteiger partial charge >= 0.3 is 5.97 Å². The van der Waals surface area contributed by atoms with Crippen molar-refractivity contribution in [3.8, 4) is 0 Å². The van der Waals surface area contributed by atoms with Crippen LogP contribution in [0, 0.1) is 0 Å². The number of carbonyl (C=O) groups excluding carboxylic acids is 2. The third-order valence-corrected chi connectivity index (χ3v) is 7.45. The van der Waals surface area contributed by atoms with Crippen molar-refractivity contribution in [2.75, 3.05) is 26.3 Å². The molecule has 0 bridgehead atoms. The summed E-state index contributed by atoms with van der Waals surface area (Å²) in [4.78, 5) is 25.8. The van der Waals surface area contributed by atoms with Crippen molar-refractivity contribution in [2.45, 2.75) is 11.0 Å². The number of benzene rings is 3. The minimum atomic E-state index is -3.59. The van der Waals surface area contributed by atoms with Crippen LogP contribution in [0.2, 0.25) is 0 Å². The number of Topliss-reactive ketones (excluding diaryl/α,β-unsaturated/α-hetero) is 1. The zero-order valence-electron chi connectivity index (χ0n) is 18.9. The summed E-state index contributed by atoms with van der Waals surface area (Å²) in [6, 6.07) is 23.7. The summed E-state index contributed by atoms with van der Waals surface area (Å²) in [6.07, 6.45) is 1.65. The van der Waals surface area contributed by atoms with Crippen LogP contribution in [-0.4, -0.2) is 50.8 Å². The van der Waals surface area contributed by atoms with E-state index in [1.807, 2.05) is 6.07 Å². The van der Waals surface area contributed by atoms with E-state index in [0.717, 1.165) is 0 Å². The molecule has 3 aromatic carbocycles. The van der Waals surface area contributed by atoms with E-state index in [-0.39, 0.29) is 10.7 Å². The van der Waals surface area contributed by atoms with Crippen LogP contribution in [0.4, 0.5) is 0 Å². The van der Waals surface area contributed by atoms with Crippen molar-refractivity contribution < 1.29 is 27.5 Å². The van der Waals surface area contributed by atoms with Gasteiger partial charge in [-0.2, -0.15) is 4.31 Å². The number of carbonyl (C=O) groups is 2. The van der Waals surface area contributed by atoms with Crippen LogP contribution in [0.15, 0.2) is 95.9 Å². The number of nitrogens with zero attached hydrogens (tertiary/aromatic N) is 1. The monoisotopic (exact) mass is 491 g/mol. The molecule has 1 fully saturated rings. The minimum Gasteiger partial charge on any atom is -0.446 e. The first-order chi connectivity index (χ1) is 16.9. The average molecular weight is 492 g/mol. The predicted molar refractivity (Wildman–Crippen MR) is 131 cm³/mol. The Morgan fingerprint density at radius 2 is 1.46 bits per heavy atom. The summed E-state index contributed by atoms with van der Waals surface area (Å²) in [5.74, 6) is -1.01. The molecule has 8 heteroatoms. The highest BCUT2D eigenvalue weighted by Gasteiger charge is 2.27. The number of sulfonamides is 1. The van der Waals surface area contributed by atoms with Crippen molar-refractivity contribution in [3.63, 3.8) is 0 Å². The predicted octanol–water partition coefficient (Wildman–Crippen LogP) is 3.89. The van der Waals surface area contributed by atoms with E-state index in [1.54, 1.807) is 66.7 Å². The first-order valence-electron chi connectivity index (χ1n) is 11.2. The molecule has 1 saturated heterocycles. The molecule has 0 radical (unpaired) electrons. The summed E-state index contributed by atoms with van der Waals surface area (Å²) < 4.78 is 37.7. The van der Waals surface area contributed by atoms with Crippen LogP contribution in [0.25, 0.3) is 6.08 Å². The van der Waals surface area contributed by atoms with E-state index < -0.39 is 22.1 Å². The molecule has 4 rings (SSSR count). The van der Waals surface area contributed by atoms with Gasteiger partial charge in [0.25, 0.3) is 0 Å². The normalized spacial score (nSPS) is 15.5. The Morgan fingerprint density at radius 3 is 2.09 bits per heavy atom. The van der Waals surface area contributed by atoms with Gasteiger partial charge in [0.15, 0.2) is 6.10 Å². The molecule has 0 saturated carbocycles. The van der Waals surface area contributed by atoms with E-state index >= 15 is 0 Å². The van der Waals surface area contributed by atoms with Gasteiger partial charge in [0.2, 0.25) is 15.8 Å². The SMILES string of the molecule is O=C(C=Cc1ccc(S(=O)(=O)N2CCOCC2)cc1)OC(C(=O)c1ccccc1)c1ccccc1. The average Bonchev–Trinajstić information content (AvgIpc) is 2.92. The highest BCUT2D eigenvalue weighted by atomic mass is 32.2. The fourth-order valence-corrected chi connectivity index (χ4v) is 5.07. The number of morpholine rings is 1. The van der Waals surface area contributed by atoms with Gasteiger partial charge in [0.1, 0.15) is 0 Å². The fourth-order valence-electron chi connectivity index (χ4n) is 3.66. The number of ketones is 1. The van der Waals surface area contributed by atoms with Crippen molar-refractivity contribution in [3.05, 3.63) is 108 Å². The van der Waals surface area contributed by atoms with E-state index in [9.17, 15) is 18.0 Å². The van der Waals surface area contributed by atoms with Crippen molar-refractivity contribution >= 4 is 27.9 Å². The van der Waals surface area contributed by atoms with Crippen LogP contribution < -0.4 is 0 Å². The van der Waals surface area contributed by atoms with Gasteiger partial charge in [0, 0.05) is 30.3 Å².